The normalized spacial score (nSPS) is 10.5. The molecule has 3 aromatic rings. The molecule has 2 N–H and O–H groups in total. The Morgan fingerprint density at radius 1 is 1.08 bits per heavy atom. The highest BCUT2D eigenvalue weighted by Gasteiger charge is 2.12. The highest BCUT2D eigenvalue weighted by Crippen LogP contribution is 2.20. The maximum atomic E-state index is 12.2. The molecule has 2 aromatic carbocycles. The zero-order valence-corrected chi connectivity index (χ0v) is 12.7. The summed E-state index contributed by atoms with van der Waals surface area (Å²) in [6.45, 7) is 0.590. The molecule has 1 amide bonds. The summed E-state index contributed by atoms with van der Waals surface area (Å²) in [5, 5.41) is 12.3. The number of carboxylic acids is 1. The van der Waals surface area contributed by atoms with Crippen LogP contribution in [-0.4, -0.2) is 30.1 Å². The van der Waals surface area contributed by atoms with Gasteiger partial charge in [0.15, 0.2) is 0 Å². The molecular formula is C18H15NO5. The average Bonchev–Trinajstić information content (AvgIpc) is 3.03. The van der Waals surface area contributed by atoms with Crippen molar-refractivity contribution in [1.82, 2.24) is 5.32 Å². The van der Waals surface area contributed by atoms with Gasteiger partial charge in [-0.3, -0.25) is 4.79 Å². The number of hydrogen-bond acceptors (Lipinski definition) is 4. The Kier molecular flexibility index (Phi) is 4.47. The number of para-hydroxylation sites is 1. The maximum absolute atomic E-state index is 12.2. The minimum absolute atomic E-state index is 0.197. The number of amides is 1. The van der Waals surface area contributed by atoms with Crippen molar-refractivity contribution < 1.29 is 23.8 Å². The van der Waals surface area contributed by atoms with Gasteiger partial charge in [0.25, 0.3) is 5.91 Å². The predicted molar refractivity (Wildman–Crippen MR) is 87.4 cm³/mol. The third kappa shape index (κ3) is 3.38. The fourth-order valence-corrected chi connectivity index (χ4v) is 2.28. The second kappa shape index (κ2) is 6.87. The molecule has 6 heteroatoms. The van der Waals surface area contributed by atoms with Gasteiger partial charge in [-0.25, -0.2) is 4.79 Å². The number of nitrogens with one attached hydrogen (secondary N) is 1. The zero-order chi connectivity index (χ0) is 16.9. The minimum atomic E-state index is -0.985. The Balaban J connectivity index is 1.51. The molecule has 0 saturated carbocycles. The van der Waals surface area contributed by atoms with Crippen molar-refractivity contribution >= 4 is 22.8 Å². The summed E-state index contributed by atoms with van der Waals surface area (Å²) in [5.74, 6) is -0.672. The number of aromatic carboxylic acids is 1. The quantitative estimate of drug-likeness (QED) is 0.680. The molecule has 0 fully saturated rings. The lowest BCUT2D eigenvalue weighted by Gasteiger charge is -2.07. The molecule has 0 bridgehead atoms. The largest absolute Gasteiger partial charge is 0.492 e. The van der Waals surface area contributed by atoms with Crippen LogP contribution in [0.15, 0.2) is 59.2 Å². The first-order chi connectivity index (χ1) is 11.6. The van der Waals surface area contributed by atoms with Gasteiger partial charge in [0, 0.05) is 5.39 Å². The molecule has 0 aliphatic rings. The monoisotopic (exact) mass is 325 g/mol. The maximum Gasteiger partial charge on any atom is 0.335 e. The zero-order valence-electron chi connectivity index (χ0n) is 12.7. The number of rotatable bonds is 6. The van der Waals surface area contributed by atoms with Crippen LogP contribution in [0.3, 0.4) is 0 Å². The van der Waals surface area contributed by atoms with Gasteiger partial charge in [0.05, 0.1) is 17.7 Å². The lowest BCUT2D eigenvalue weighted by molar-refractivity contribution is 0.0696. The first-order valence-corrected chi connectivity index (χ1v) is 7.36. The number of benzene rings is 2. The second-order valence-corrected chi connectivity index (χ2v) is 5.08. The van der Waals surface area contributed by atoms with Gasteiger partial charge in [-0.05, 0) is 30.3 Å². The SMILES string of the molecule is O=C(O)c1ccc(OCCNC(=O)c2coc3ccccc23)cc1. The summed E-state index contributed by atoms with van der Waals surface area (Å²) >= 11 is 0. The first-order valence-electron chi connectivity index (χ1n) is 7.36. The Morgan fingerprint density at radius 2 is 1.83 bits per heavy atom. The lowest BCUT2D eigenvalue weighted by atomic mass is 10.1. The molecular weight excluding hydrogens is 310 g/mol. The van der Waals surface area contributed by atoms with Crippen LogP contribution in [0.1, 0.15) is 20.7 Å². The molecule has 0 radical (unpaired) electrons. The molecule has 0 atom stereocenters. The van der Waals surface area contributed by atoms with E-state index in [-0.39, 0.29) is 18.1 Å². The molecule has 0 unspecified atom stereocenters. The van der Waals surface area contributed by atoms with Crippen LogP contribution < -0.4 is 10.1 Å². The van der Waals surface area contributed by atoms with Crippen molar-refractivity contribution in [3.63, 3.8) is 0 Å². The molecule has 24 heavy (non-hydrogen) atoms. The average molecular weight is 325 g/mol. The standard InChI is InChI=1S/C18H15NO5/c20-17(15-11-24-16-4-2-1-3-14(15)16)19-9-10-23-13-7-5-12(6-8-13)18(21)22/h1-8,11H,9-10H2,(H,19,20)(H,21,22). The Morgan fingerprint density at radius 3 is 2.58 bits per heavy atom. The van der Waals surface area contributed by atoms with Gasteiger partial charge >= 0.3 is 5.97 Å². The van der Waals surface area contributed by atoms with Crippen molar-refractivity contribution in [2.75, 3.05) is 13.2 Å². The highest BCUT2D eigenvalue weighted by atomic mass is 16.5. The number of carbonyl (C=O) groups is 2. The number of hydrogen-bond donors (Lipinski definition) is 2. The van der Waals surface area contributed by atoms with E-state index in [0.717, 1.165) is 5.39 Å². The van der Waals surface area contributed by atoms with Crippen LogP contribution in [0.4, 0.5) is 0 Å². The number of ether oxygens (including phenoxy) is 1. The number of carboxylic acid groups (broad SMARTS) is 1. The van der Waals surface area contributed by atoms with Gasteiger partial charge in [0.1, 0.15) is 24.2 Å². The molecule has 122 valence electrons. The summed E-state index contributed by atoms with van der Waals surface area (Å²) in [5.41, 5.74) is 1.34. The van der Waals surface area contributed by atoms with E-state index in [1.54, 1.807) is 18.2 Å². The van der Waals surface area contributed by atoms with Crippen LogP contribution in [0.25, 0.3) is 11.0 Å². The van der Waals surface area contributed by atoms with Crippen LogP contribution in [-0.2, 0) is 0 Å². The molecule has 0 saturated heterocycles. The lowest BCUT2D eigenvalue weighted by Crippen LogP contribution is -2.27. The number of fused-ring (bicyclic) bond motifs is 1. The third-order valence-corrected chi connectivity index (χ3v) is 3.48. The van der Waals surface area contributed by atoms with Crippen molar-refractivity contribution in [2.24, 2.45) is 0 Å². The highest BCUT2D eigenvalue weighted by molar-refractivity contribution is 6.05. The summed E-state index contributed by atoms with van der Waals surface area (Å²) in [6.07, 6.45) is 1.44. The van der Waals surface area contributed by atoms with E-state index in [1.165, 1.54) is 18.4 Å². The van der Waals surface area contributed by atoms with Crippen LogP contribution >= 0.6 is 0 Å². The molecule has 0 spiro atoms. The van der Waals surface area contributed by atoms with Crippen LogP contribution in [0.2, 0.25) is 0 Å². The van der Waals surface area contributed by atoms with Gasteiger partial charge in [-0.2, -0.15) is 0 Å². The predicted octanol–water partition coefficient (Wildman–Crippen LogP) is 2.94. The van der Waals surface area contributed by atoms with E-state index in [2.05, 4.69) is 5.32 Å². The summed E-state index contributed by atoms with van der Waals surface area (Å²) in [4.78, 5) is 22.9. The number of carbonyl (C=O) groups excluding carboxylic acids is 1. The van der Waals surface area contributed by atoms with Gasteiger partial charge in [-0.15, -0.1) is 0 Å². The van der Waals surface area contributed by atoms with E-state index in [4.69, 9.17) is 14.3 Å². The summed E-state index contributed by atoms with van der Waals surface area (Å²) in [6, 6.07) is 13.4. The first kappa shape index (κ1) is 15.6. The Labute approximate surface area is 137 Å². The van der Waals surface area contributed by atoms with Crippen LogP contribution in [0.5, 0.6) is 5.75 Å². The van der Waals surface area contributed by atoms with E-state index < -0.39 is 5.97 Å². The van der Waals surface area contributed by atoms with Gasteiger partial charge in [0.2, 0.25) is 0 Å². The van der Waals surface area contributed by atoms with E-state index in [0.29, 0.717) is 23.4 Å². The second-order valence-electron chi connectivity index (χ2n) is 5.08. The fourth-order valence-electron chi connectivity index (χ4n) is 2.28. The Bertz CT molecular complexity index is 867. The van der Waals surface area contributed by atoms with Gasteiger partial charge in [-0.1, -0.05) is 18.2 Å². The van der Waals surface area contributed by atoms with Crippen molar-refractivity contribution in [2.45, 2.75) is 0 Å². The molecule has 0 aliphatic heterocycles. The molecule has 1 aromatic heterocycles. The fraction of sp³-hybridized carbons (Fsp3) is 0.111. The summed E-state index contributed by atoms with van der Waals surface area (Å²) in [7, 11) is 0. The third-order valence-electron chi connectivity index (χ3n) is 3.48. The minimum Gasteiger partial charge on any atom is -0.492 e. The van der Waals surface area contributed by atoms with Crippen molar-refractivity contribution in [3.8, 4) is 5.75 Å². The Hall–Kier alpha value is -3.28. The molecule has 3 rings (SSSR count). The molecule has 1 heterocycles. The molecule has 0 aliphatic carbocycles. The smallest absolute Gasteiger partial charge is 0.335 e. The van der Waals surface area contributed by atoms with Crippen molar-refractivity contribution in [3.05, 3.63) is 65.9 Å². The molecule has 6 nitrogen and oxygen atoms in total. The topological polar surface area (TPSA) is 88.8 Å². The van der Waals surface area contributed by atoms with E-state index in [1.807, 2.05) is 18.2 Å². The van der Waals surface area contributed by atoms with E-state index in [9.17, 15) is 9.59 Å². The van der Waals surface area contributed by atoms with E-state index >= 15 is 0 Å². The van der Waals surface area contributed by atoms with Gasteiger partial charge < -0.3 is 19.6 Å². The summed E-state index contributed by atoms with van der Waals surface area (Å²) < 4.78 is 10.8. The van der Waals surface area contributed by atoms with Crippen LogP contribution in [0, 0.1) is 0 Å². The van der Waals surface area contributed by atoms with Crippen molar-refractivity contribution in [1.29, 1.82) is 0 Å². The number of furan rings is 1.